The van der Waals surface area contributed by atoms with E-state index in [4.69, 9.17) is 15.2 Å². The molecule has 0 unspecified atom stereocenters. The second-order valence-corrected chi connectivity index (χ2v) is 9.80. The molecule has 0 fully saturated rings. The molecule has 12 heteroatoms. The predicted octanol–water partition coefficient (Wildman–Crippen LogP) is 3.30. The first-order valence-corrected chi connectivity index (χ1v) is 13.4. The Hall–Kier alpha value is -4.68. The van der Waals surface area contributed by atoms with E-state index in [-0.39, 0.29) is 24.5 Å². The van der Waals surface area contributed by atoms with Crippen molar-refractivity contribution < 1.29 is 27.5 Å². The van der Waals surface area contributed by atoms with Crippen molar-refractivity contribution in [3.63, 3.8) is 0 Å². The molecule has 1 amide bonds. The lowest BCUT2D eigenvalue weighted by Crippen LogP contribution is -2.36. The van der Waals surface area contributed by atoms with E-state index >= 15 is 0 Å². The highest BCUT2D eigenvalue weighted by Crippen LogP contribution is 2.27. The van der Waals surface area contributed by atoms with E-state index in [2.05, 4.69) is 10.3 Å². The average Bonchev–Trinajstić information content (AvgIpc) is 3.41. The van der Waals surface area contributed by atoms with Crippen LogP contribution in [0.15, 0.2) is 91.3 Å². The molecule has 0 aliphatic carbocycles. The van der Waals surface area contributed by atoms with Gasteiger partial charge in [0.1, 0.15) is 19.0 Å². The SMILES string of the molecule is NCCNc1ccc(-c2ccn(S(=O)(=O)NC(=O)OCc3ccccc3)c2C(=O)OCc2ccccc2)cn1. The molecule has 39 heavy (non-hydrogen) atoms. The van der Waals surface area contributed by atoms with Gasteiger partial charge in [0.05, 0.1) is 0 Å². The van der Waals surface area contributed by atoms with Gasteiger partial charge in [-0.15, -0.1) is 0 Å². The maximum absolute atomic E-state index is 13.2. The van der Waals surface area contributed by atoms with Crippen molar-refractivity contribution >= 4 is 28.1 Å². The molecule has 2 aromatic carbocycles. The number of esters is 1. The fourth-order valence-corrected chi connectivity index (χ4v) is 4.61. The molecule has 4 rings (SSSR count). The van der Waals surface area contributed by atoms with Crippen LogP contribution in [-0.2, 0) is 32.9 Å². The lowest BCUT2D eigenvalue weighted by molar-refractivity contribution is 0.0465. The Labute approximate surface area is 225 Å². The minimum atomic E-state index is -4.59. The van der Waals surface area contributed by atoms with Crippen LogP contribution < -0.4 is 15.8 Å². The zero-order chi connectivity index (χ0) is 27.7. The van der Waals surface area contributed by atoms with Gasteiger partial charge in [-0.05, 0) is 29.3 Å². The van der Waals surface area contributed by atoms with E-state index < -0.39 is 22.3 Å². The normalized spacial score (nSPS) is 11.0. The van der Waals surface area contributed by atoms with Gasteiger partial charge in [-0.3, -0.25) is 0 Å². The van der Waals surface area contributed by atoms with Gasteiger partial charge in [0.2, 0.25) is 0 Å². The van der Waals surface area contributed by atoms with Crippen molar-refractivity contribution in [3.8, 4) is 11.1 Å². The molecule has 0 spiro atoms. The first-order chi connectivity index (χ1) is 18.9. The number of nitrogens with zero attached hydrogens (tertiary/aromatic N) is 2. The highest BCUT2D eigenvalue weighted by atomic mass is 32.2. The molecular formula is C27H27N5O6S. The Morgan fingerprint density at radius 3 is 2.10 bits per heavy atom. The smallest absolute Gasteiger partial charge is 0.422 e. The van der Waals surface area contributed by atoms with Crippen LogP contribution in [0, 0.1) is 0 Å². The topological polar surface area (TPSA) is 155 Å². The van der Waals surface area contributed by atoms with Crippen LogP contribution in [0.5, 0.6) is 0 Å². The molecule has 0 aliphatic rings. The van der Waals surface area contributed by atoms with Gasteiger partial charge in [0, 0.05) is 36.6 Å². The average molecular weight is 550 g/mol. The molecule has 2 heterocycles. The van der Waals surface area contributed by atoms with Crippen LogP contribution in [0.4, 0.5) is 10.6 Å². The Bertz CT molecular complexity index is 1510. The third-order valence-electron chi connectivity index (χ3n) is 5.47. The zero-order valence-corrected chi connectivity index (χ0v) is 21.6. The highest BCUT2D eigenvalue weighted by molar-refractivity contribution is 7.88. The quantitative estimate of drug-likeness (QED) is 0.239. The number of hydrogen-bond donors (Lipinski definition) is 3. The number of aromatic nitrogens is 2. The third-order valence-corrected chi connectivity index (χ3v) is 6.71. The fourth-order valence-electron chi connectivity index (χ4n) is 3.60. The maximum Gasteiger partial charge on any atom is 0.422 e. The number of carbonyl (C=O) groups excluding carboxylic acids is 2. The van der Waals surface area contributed by atoms with Gasteiger partial charge in [0.15, 0.2) is 5.69 Å². The molecule has 202 valence electrons. The molecule has 0 saturated carbocycles. The summed E-state index contributed by atoms with van der Waals surface area (Å²) in [7, 11) is -4.59. The summed E-state index contributed by atoms with van der Waals surface area (Å²) < 4.78 is 39.3. The van der Waals surface area contributed by atoms with Gasteiger partial charge in [-0.1, -0.05) is 60.7 Å². The van der Waals surface area contributed by atoms with E-state index in [9.17, 15) is 18.0 Å². The van der Waals surface area contributed by atoms with Crippen LogP contribution in [0.3, 0.4) is 0 Å². The zero-order valence-electron chi connectivity index (χ0n) is 20.8. The lowest BCUT2D eigenvalue weighted by atomic mass is 10.1. The summed E-state index contributed by atoms with van der Waals surface area (Å²) in [6.45, 7) is 0.713. The number of amides is 1. The minimum Gasteiger partial charge on any atom is -0.456 e. The molecule has 0 aliphatic heterocycles. The first-order valence-electron chi connectivity index (χ1n) is 11.9. The number of hydrogen-bond acceptors (Lipinski definition) is 9. The van der Waals surface area contributed by atoms with Crippen LogP contribution in [0.1, 0.15) is 21.6 Å². The molecule has 4 aromatic rings. The van der Waals surface area contributed by atoms with Crippen molar-refractivity contribution in [3.05, 3.63) is 108 Å². The fraction of sp³-hybridized carbons (Fsp3) is 0.148. The van der Waals surface area contributed by atoms with Gasteiger partial charge in [-0.25, -0.2) is 23.3 Å². The lowest BCUT2D eigenvalue weighted by Gasteiger charge is -2.13. The summed E-state index contributed by atoms with van der Waals surface area (Å²) in [5.41, 5.74) is 7.30. The molecule has 11 nitrogen and oxygen atoms in total. The molecule has 2 aromatic heterocycles. The van der Waals surface area contributed by atoms with Crippen molar-refractivity contribution in [2.75, 3.05) is 18.4 Å². The van der Waals surface area contributed by atoms with Gasteiger partial charge >= 0.3 is 22.3 Å². The number of ether oxygens (including phenoxy) is 2. The number of carbonyl (C=O) groups is 2. The summed E-state index contributed by atoms with van der Waals surface area (Å²) in [4.78, 5) is 29.9. The molecule has 0 radical (unpaired) electrons. The van der Waals surface area contributed by atoms with Crippen LogP contribution >= 0.6 is 0 Å². The molecule has 0 atom stereocenters. The monoisotopic (exact) mass is 549 g/mol. The number of nitrogens with two attached hydrogens (primary N) is 1. The van der Waals surface area contributed by atoms with Crippen molar-refractivity contribution in [1.29, 1.82) is 0 Å². The number of benzene rings is 2. The van der Waals surface area contributed by atoms with E-state index in [0.717, 1.165) is 6.20 Å². The summed E-state index contributed by atoms with van der Waals surface area (Å²) in [5.74, 6) is -0.348. The van der Waals surface area contributed by atoms with Crippen molar-refractivity contribution in [1.82, 2.24) is 13.7 Å². The number of rotatable bonds is 11. The molecule has 0 bridgehead atoms. The van der Waals surface area contributed by atoms with Gasteiger partial charge in [-0.2, -0.15) is 8.42 Å². The summed E-state index contributed by atoms with van der Waals surface area (Å²) in [6.07, 6.45) is 1.44. The van der Waals surface area contributed by atoms with Crippen LogP contribution in [-0.4, -0.2) is 42.5 Å². The summed E-state index contributed by atoms with van der Waals surface area (Å²) in [6, 6.07) is 22.5. The first kappa shape index (κ1) is 27.4. The van der Waals surface area contributed by atoms with E-state index in [1.807, 2.05) is 10.8 Å². The Kier molecular flexibility index (Phi) is 8.92. The van der Waals surface area contributed by atoms with E-state index in [1.54, 1.807) is 66.7 Å². The third kappa shape index (κ3) is 7.21. The Balaban J connectivity index is 1.60. The molecule has 0 saturated heterocycles. The highest BCUT2D eigenvalue weighted by Gasteiger charge is 2.28. The van der Waals surface area contributed by atoms with Crippen molar-refractivity contribution in [2.24, 2.45) is 5.73 Å². The number of nitrogens with one attached hydrogen (secondary N) is 2. The minimum absolute atomic E-state index is 0.0862. The van der Waals surface area contributed by atoms with Gasteiger partial charge < -0.3 is 20.5 Å². The standard InChI is InChI=1S/C27H27N5O6S/c28-14-15-29-24-12-11-22(17-30-24)23-13-16-32(25(23)26(33)37-18-20-7-3-1-4-8-20)39(35,36)31-27(34)38-19-21-9-5-2-6-10-21/h1-13,16-17H,14-15,18-19,28H2,(H,29,30)(H,31,34). The number of anilines is 1. The second kappa shape index (κ2) is 12.7. The van der Waals surface area contributed by atoms with E-state index in [0.29, 0.717) is 39.6 Å². The van der Waals surface area contributed by atoms with Gasteiger partial charge in [0.25, 0.3) is 0 Å². The van der Waals surface area contributed by atoms with Crippen LogP contribution in [0.2, 0.25) is 0 Å². The Morgan fingerprint density at radius 2 is 1.51 bits per heavy atom. The number of pyridine rings is 1. The van der Waals surface area contributed by atoms with Crippen LogP contribution in [0.25, 0.3) is 11.1 Å². The van der Waals surface area contributed by atoms with Crippen molar-refractivity contribution in [2.45, 2.75) is 13.2 Å². The summed E-state index contributed by atoms with van der Waals surface area (Å²) in [5, 5.41) is 3.03. The van der Waals surface area contributed by atoms with E-state index in [1.165, 1.54) is 12.3 Å². The predicted molar refractivity (Wildman–Crippen MR) is 145 cm³/mol. The maximum atomic E-state index is 13.2. The Morgan fingerprint density at radius 1 is 0.872 bits per heavy atom. The second-order valence-electron chi connectivity index (χ2n) is 8.25. The summed E-state index contributed by atoms with van der Waals surface area (Å²) >= 11 is 0. The molecule has 4 N–H and O–H groups in total. The molecular weight excluding hydrogens is 522 g/mol. The largest absolute Gasteiger partial charge is 0.456 e.